The molecule has 1 aromatic heterocycles. The molecule has 0 saturated heterocycles. The quantitative estimate of drug-likeness (QED) is 0.358. The number of aromatic nitrogens is 2. The molecule has 210 valence electrons. The zero-order chi connectivity index (χ0) is 28.3. The molecular weight excluding hydrogens is 498 g/mol. The molecule has 0 unspecified atom stereocenters. The van der Waals surface area contributed by atoms with Gasteiger partial charge >= 0.3 is 0 Å². The molecule has 40 heavy (non-hydrogen) atoms. The fraction of sp³-hybridized carbons (Fsp3) is 0.455. The molecule has 1 heterocycles. The number of anilines is 1. The molecule has 2 amide bonds. The number of nitrogens with two attached hydrogens (primary N) is 1. The van der Waals surface area contributed by atoms with Crippen LogP contribution >= 0.6 is 0 Å². The van der Waals surface area contributed by atoms with Crippen LogP contribution in [0.15, 0.2) is 60.7 Å². The Labute approximate surface area is 237 Å². The smallest absolute Gasteiger partial charge is 0.225 e. The summed E-state index contributed by atoms with van der Waals surface area (Å²) in [4.78, 5) is 27.6. The third-order valence-electron chi connectivity index (χ3n) is 8.69. The largest absolute Gasteiger partial charge is 0.343 e. The van der Waals surface area contributed by atoms with Gasteiger partial charge in [-0.3, -0.25) is 9.59 Å². The first-order valence-corrected chi connectivity index (χ1v) is 14.6. The minimum atomic E-state index is -0.427. The van der Waals surface area contributed by atoms with E-state index < -0.39 is 5.54 Å². The second-order valence-electron chi connectivity index (χ2n) is 12.2. The van der Waals surface area contributed by atoms with Crippen LogP contribution in [-0.4, -0.2) is 40.0 Å². The molecule has 7 nitrogen and oxygen atoms in total. The average molecular weight is 540 g/mol. The predicted molar refractivity (Wildman–Crippen MR) is 159 cm³/mol. The van der Waals surface area contributed by atoms with Crippen molar-refractivity contribution in [3.63, 3.8) is 0 Å². The van der Waals surface area contributed by atoms with Crippen LogP contribution in [0.3, 0.4) is 0 Å². The Morgan fingerprint density at radius 2 is 1.60 bits per heavy atom. The SMILES string of the molecule is CN(C(=O)C1CCC1)C1CCC(CC(=O)Nc2cc(-c3ccccc3)c(-c3ccc(C(C)(C)N)cc3)nn2)CC1. The third-order valence-corrected chi connectivity index (χ3v) is 8.69. The lowest BCUT2D eigenvalue weighted by Gasteiger charge is -2.38. The topological polar surface area (TPSA) is 101 Å². The number of hydrogen-bond acceptors (Lipinski definition) is 5. The van der Waals surface area contributed by atoms with Gasteiger partial charge in [-0.05, 0) is 75.5 Å². The maximum atomic E-state index is 13.0. The van der Waals surface area contributed by atoms with E-state index in [1.54, 1.807) is 0 Å². The van der Waals surface area contributed by atoms with Crippen LogP contribution in [0.4, 0.5) is 5.82 Å². The van der Waals surface area contributed by atoms with E-state index in [2.05, 4.69) is 15.5 Å². The van der Waals surface area contributed by atoms with Gasteiger partial charge in [0.1, 0.15) is 5.69 Å². The fourth-order valence-corrected chi connectivity index (χ4v) is 5.88. The number of amides is 2. The van der Waals surface area contributed by atoms with Crippen molar-refractivity contribution in [3.8, 4) is 22.4 Å². The first-order chi connectivity index (χ1) is 19.2. The van der Waals surface area contributed by atoms with E-state index in [1.807, 2.05) is 86.5 Å². The fourth-order valence-electron chi connectivity index (χ4n) is 5.88. The Hall–Kier alpha value is -3.58. The van der Waals surface area contributed by atoms with Crippen molar-refractivity contribution in [2.75, 3.05) is 12.4 Å². The summed E-state index contributed by atoms with van der Waals surface area (Å²) in [7, 11) is 1.96. The summed E-state index contributed by atoms with van der Waals surface area (Å²) in [6.07, 6.45) is 7.52. The summed E-state index contributed by atoms with van der Waals surface area (Å²) in [6, 6.07) is 20.3. The van der Waals surface area contributed by atoms with Gasteiger partial charge in [-0.25, -0.2) is 0 Å². The van der Waals surface area contributed by atoms with Crippen molar-refractivity contribution >= 4 is 17.6 Å². The second kappa shape index (κ2) is 11.9. The van der Waals surface area contributed by atoms with Crippen LogP contribution in [-0.2, 0) is 15.1 Å². The van der Waals surface area contributed by atoms with E-state index >= 15 is 0 Å². The maximum Gasteiger partial charge on any atom is 0.225 e. The van der Waals surface area contributed by atoms with E-state index in [0.29, 0.717) is 30.1 Å². The van der Waals surface area contributed by atoms with Crippen LogP contribution in [0.2, 0.25) is 0 Å². The number of carbonyl (C=O) groups is 2. The number of nitrogens with zero attached hydrogens (tertiary/aromatic N) is 3. The van der Waals surface area contributed by atoms with Gasteiger partial charge in [0.2, 0.25) is 11.8 Å². The number of benzene rings is 2. The minimum absolute atomic E-state index is 0.0436. The van der Waals surface area contributed by atoms with E-state index in [4.69, 9.17) is 5.73 Å². The molecule has 7 heteroatoms. The number of hydrogen-bond donors (Lipinski definition) is 2. The van der Waals surface area contributed by atoms with Crippen LogP contribution in [0.25, 0.3) is 22.4 Å². The Morgan fingerprint density at radius 3 is 2.20 bits per heavy atom. The zero-order valence-electron chi connectivity index (χ0n) is 23.9. The van der Waals surface area contributed by atoms with Crippen LogP contribution < -0.4 is 11.1 Å². The summed E-state index contributed by atoms with van der Waals surface area (Å²) in [5, 5.41) is 11.9. The molecule has 2 aliphatic rings. The third kappa shape index (κ3) is 6.41. The van der Waals surface area contributed by atoms with Crippen molar-refractivity contribution in [2.45, 2.75) is 76.8 Å². The summed E-state index contributed by atoms with van der Waals surface area (Å²) >= 11 is 0. The molecule has 2 fully saturated rings. The molecule has 5 rings (SSSR count). The highest BCUT2D eigenvalue weighted by atomic mass is 16.2. The molecular formula is C33H41N5O2. The van der Waals surface area contributed by atoms with Crippen LogP contribution in [0, 0.1) is 11.8 Å². The Kier molecular flexibility index (Phi) is 8.31. The molecule has 2 aliphatic carbocycles. The monoisotopic (exact) mass is 539 g/mol. The van der Waals surface area contributed by atoms with Crippen molar-refractivity contribution in [3.05, 3.63) is 66.2 Å². The lowest BCUT2D eigenvalue weighted by molar-refractivity contribution is -0.139. The van der Waals surface area contributed by atoms with Gasteiger partial charge in [-0.1, -0.05) is 61.0 Å². The van der Waals surface area contributed by atoms with Crippen LogP contribution in [0.1, 0.15) is 70.8 Å². The highest BCUT2D eigenvalue weighted by Gasteiger charge is 2.33. The van der Waals surface area contributed by atoms with Gasteiger partial charge in [0.15, 0.2) is 5.82 Å². The summed E-state index contributed by atoms with van der Waals surface area (Å²) in [5.74, 6) is 1.27. The van der Waals surface area contributed by atoms with Gasteiger partial charge < -0.3 is 16.0 Å². The summed E-state index contributed by atoms with van der Waals surface area (Å²) in [5.41, 5.74) is 10.5. The molecule has 2 saturated carbocycles. The van der Waals surface area contributed by atoms with Gasteiger partial charge in [0.05, 0.1) is 0 Å². The number of rotatable bonds is 8. The van der Waals surface area contributed by atoms with Crippen molar-refractivity contribution in [2.24, 2.45) is 17.6 Å². The molecule has 2 aromatic carbocycles. The zero-order valence-corrected chi connectivity index (χ0v) is 23.9. The Morgan fingerprint density at radius 1 is 0.925 bits per heavy atom. The van der Waals surface area contributed by atoms with Crippen molar-refractivity contribution in [1.82, 2.24) is 15.1 Å². The molecule has 0 atom stereocenters. The average Bonchev–Trinajstić information content (AvgIpc) is 2.92. The molecule has 3 N–H and O–H groups in total. The standard InChI is InChI=1S/C33H41N5O2/c1-33(2,34)26-16-14-24(15-17-26)31-28(23-8-5-4-6-9-23)21-29(36-37-31)35-30(39)20-22-12-18-27(19-13-22)38(3)32(40)25-10-7-11-25/h4-6,8-9,14-17,21-22,25,27H,7,10-13,18-20,34H2,1-3H3,(H,35,36,39). The molecule has 0 spiro atoms. The van der Waals surface area contributed by atoms with Gasteiger partial charge in [-0.15, -0.1) is 10.2 Å². The Bertz CT molecular complexity index is 1320. The molecule has 0 aliphatic heterocycles. The molecule has 3 aromatic rings. The Balaban J connectivity index is 1.25. The first kappa shape index (κ1) is 28.0. The number of nitrogens with one attached hydrogen (secondary N) is 1. The number of carbonyl (C=O) groups excluding carboxylic acids is 2. The van der Waals surface area contributed by atoms with Gasteiger partial charge in [-0.2, -0.15) is 0 Å². The second-order valence-corrected chi connectivity index (χ2v) is 12.2. The predicted octanol–water partition coefficient (Wildman–Crippen LogP) is 6.15. The van der Waals surface area contributed by atoms with E-state index in [1.165, 1.54) is 6.42 Å². The van der Waals surface area contributed by atoms with Gasteiger partial charge in [0, 0.05) is 42.1 Å². The van der Waals surface area contributed by atoms with E-state index in [-0.39, 0.29) is 11.8 Å². The summed E-state index contributed by atoms with van der Waals surface area (Å²) < 4.78 is 0. The maximum absolute atomic E-state index is 13.0. The highest BCUT2D eigenvalue weighted by Crippen LogP contribution is 2.35. The lowest BCUT2D eigenvalue weighted by atomic mass is 9.81. The summed E-state index contributed by atoms with van der Waals surface area (Å²) in [6.45, 7) is 3.96. The van der Waals surface area contributed by atoms with Crippen molar-refractivity contribution in [1.29, 1.82) is 0 Å². The molecule has 0 radical (unpaired) electrons. The van der Waals surface area contributed by atoms with Gasteiger partial charge in [0.25, 0.3) is 0 Å². The van der Waals surface area contributed by atoms with Crippen LogP contribution in [0.5, 0.6) is 0 Å². The normalized spacial score (nSPS) is 19.5. The van der Waals surface area contributed by atoms with E-state index in [0.717, 1.165) is 66.5 Å². The lowest BCUT2D eigenvalue weighted by Crippen LogP contribution is -2.44. The molecule has 0 bridgehead atoms. The first-order valence-electron chi connectivity index (χ1n) is 14.6. The highest BCUT2D eigenvalue weighted by molar-refractivity contribution is 5.91. The minimum Gasteiger partial charge on any atom is -0.343 e. The van der Waals surface area contributed by atoms with E-state index in [9.17, 15) is 9.59 Å². The van der Waals surface area contributed by atoms with Crippen molar-refractivity contribution < 1.29 is 9.59 Å².